The molecule has 0 atom stereocenters. The average molecular weight is 389 g/mol. The highest BCUT2D eigenvalue weighted by Gasteiger charge is 2.30. The van der Waals surface area contributed by atoms with Gasteiger partial charge in [-0.05, 0) is 42.5 Å². The largest absolute Gasteiger partial charge is 0.457 e. The van der Waals surface area contributed by atoms with E-state index in [-0.39, 0.29) is 22.7 Å². The summed E-state index contributed by atoms with van der Waals surface area (Å²) in [6, 6.07) is 10.4. The second-order valence-electron chi connectivity index (χ2n) is 5.76. The zero-order valence-corrected chi connectivity index (χ0v) is 14.2. The zero-order valence-electron chi connectivity index (χ0n) is 14.2. The lowest BCUT2D eigenvalue weighted by atomic mass is 10.2. The third-order valence-electron chi connectivity index (χ3n) is 3.73. The Bertz CT molecular complexity index is 1060. The first-order valence-corrected chi connectivity index (χ1v) is 7.97. The number of amides is 1. The summed E-state index contributed by atoms with van der Waals surface area (Å²) >= 11 is 0. The number of alkyl halides is 3. The fraction of sp³-hybridized carbons (Fsp3) is 0.0526. The van der Waals surface area contributed by atoms with Crippen LogP contribution < -0.4 is 21.2 Å². The van der Waals surface area contributed by atoms with E-state index in [0.29, 0.717) is 5.69 Å². The van der Waals surface area contributed by atoms with Crippen LogP contribution in [-0.2, 0) is 6.18 Å². The van der Waals surface area contributed by atoms with Crippen molar-refractivity contribution in [3.05, 3.63) is 82.3 Å². The fourth-order valence-electron chi connectivity index (χ4n) is 2.35. The van der Waals surface area contributed by atoms with Gasteiger partial charge in [-0.15, -0.1) is 0 Å². The number of hydrogen-bond donors (Lipinski definition) is 3. The second kappa shape index (κ2) is 7.47. The molecule has 0 bridgehead atoms. The minimum Gasteiger partial charge on any atom is -0.457 e. The van der Waals surface area contributed by atoms with Gasteiger partial charge in [-0.2, -0.15) is 13.2 Å². The summed E-state index contributed by atoms with van der Waals surface area (Å²) in [7, 11) is 0. The molecule has 9 heteroatoms. The summed E-state index contributed by atoms with van der Waals surface area (Å²) in [4.78, 5) is 26.6. The molecule has 2 aromatic carbocycles. The standard InChI is InChI=1S/C19H14F3N3O3/c20-19(21,22)11-2-1-3-14(8-11)28-13-6-4-12(5-7-13)25-18(27)15-9-24-10-16(23)17(15)26/h1-10H,23H2,(H,24,26)(H,25,27). The number of pyridine rings is 1. The molecule has 0 radical (unpaired) electrons. The molecular formula is C19H14F3N3O3. The quantitative estimate of drug-likeness (QED) is 0.628. The molecule has 0 spiro atoms. The summed E-state index contributed by atoms with van der Waals surface area (Å²) in [6.07, 6.45) is -1.95. The number of nitrogen functional groups attached to an aromatic ring is 1. The van der Waals surface area contributed by atoms with Gasteiger partial charge in [-0.3, -0.25) is 9.59 Å². The van der Waals surface area contributed by atoms with Crippen molar-refractivity contribution in [3.63, 3.8) is 0 Å². The van der Waals surface area contributed by atoms with Crippen LogP contribution in [0.15, 0.2) is 65.7 Å². The number of benzene rings is 2. The van der Waals surface area contributed by atoms with Gasteiger partial charge in [0.15, 0.2) is 0 Å². The van der Waals surface area contributed by atoms with Gasteiger partial charge in [0.2, 0.25) is 5.43 Å². The van der Waals surface area contributed by atoms with Gasteiger partial charge < -0.3 is 20.8 Å². The number of H-pyrrole nitrogens is 1. The summed E-state index contributed by atoms with van der Waals surface area (Å²) < 4.78 is 43.6. The molecule has 0 saturated carbocycles. The van der Waals surface area contributed by atoms with Gasteiger partial charge in [0, 0.05) is 18.1 Å². The summed E-state index contributed by atoms with van der Waals surface area (Å²) in [5.74, 6) is -0.350. The van der Waals surface area contributed by atoms with E-state index in [9.17, 15) is 22.8 Å². The molecule has 1 aromatic heterocycles. The Morgan fingerprint density at radius 3 is 2.43 bits per heavy atom. The van der Waals surface area contributed by atoms with Crippen LogP contribution in [0, 0.1) is 0 Å². The molecule has 1 amide bonds. The van der Waals surface area contributed by atoms with Gasteiger partial charge in [0.05, 0.1) is 11.3 Å². The molecule has 0 unspecified atom stereocenters. The fourth-order valence-corrected chi connectivity index (χ4v) is 2.35. The smallest absolute Gasteiger partial charge is 0.416 e. The van der Waals surface area contributed by atoms with Crippen molar-refractivity contribution in [1.29, 1.82) is 0 Å². The molecule has 0 fully saturated rings. The molecule has 1 heterocycles. The molecule has 0 aliphatic rings. The van der Waals surface area contributed by atoms with Crippen molar-refractivity contribution >= 4 is 17.3 Å². The van der Waals surface area contributed by atoms with Crippen molar-refractivity contribution in [1.82, 2.24) is 4.98 Å². The number of anilines is 2. The number of ether oxygens (including phenoxy) is 1. The van der Waals surface area contributed by atoms with Gasteiger partial charge >= 0.3 is 6.18 Å². The Labute approximate surface area is 156 Å². The first kappa shape index (κ1) is 19.0. The van der Waals surface area contributed by atoms with E-state index in [0.717, 1.165) is 12.1 Å². The number of hydrogen-bond acceptors (Lipinski definition) is 4. The maximum Gasteiger partial charge on any atom is 0.416 e. The van der Waals surface area contributed by atoms with Crippen LogP contribution in [0.4, 0.5) is 24.5 Å². The van der Waals surface area contributed by atoms with Gasteiger partial charge in [-0.1, -0.05) is 6.07 Å². The number of aromatic amines is 1. The first-order valence-electron chi connectivity index (χ1n) is 7.97. The number of aromatic nitrogens is 1. The number of carbonyl (C=O) groups is 1. The van der Waals surface area contributed by atoms with E-state index in [2.05, 4.69) is 10.3 Å². The minimum atomic E-state index is -4.47. The van der Waals surface area contributed by atoms with Crippen molar-refractivity contribution in [3.8, 4) is 11.5 Å². The van der Waals surface area contributed by atoms with Crippen molar-refractivity contribution in [2.45, 2.75) is 6.18 Å². The molecule has 6 nitrogen and oxygen atoms in total. The van der Waals surface area contributed by atoms with Crippen LogP contribution in [-0.4, -0.2) is 10.9 Å². The zero-order chi connectivity index (χ0) is 20.3. The van der Waals surface area contributed by atoms with Crippen LogP contribution >= 0.6 is 0 Å². The maximum absolute atomic E-state index is 12.7. The van der Waals surface area contributed by atoms with Crippen LogP contribution in [0.25, 0.3) is 0 Å². The second-order valence-corrected chi connectivity index (χ2v) is 5.76. The third kappa shape index (κ3) is 4.32. The van der Waals surface area contributed by atoms with E-state index in [1.54, 1.807) is 0 Å². The van der Waals surface area contributed by atoms with E-state index in [1.807, 2.05) is 0 Å². The van der Waals surface area contributed by atoms with Crippen LogP contribution in [0.1, 0.15) is 15.9 Å². The Morgan fingerprint density at radius 2 is 1.75 bits per heavy atom. The SMILES string of the molecule is Nc1c[nH]cc(C(=O)Nc2ccc(Oc3cccc(C(F)(F)F)c3)cc2)c1=O. The van der Waals surface area contributed by atoms with Crippen molar-refractivity contribution in [2.75, 3.05) is 11.1 Å². The third-order valence-corrected chi connectivity index (χ3v) is 3.73. The Morgan fingerprint density at radius 1 is 1.04 bits per heavy atom. The van der Waals surface area contributed by atoms with Gasteiger partial charge in [0.1, 0.15) is 17.1 Å². The van der Waals surface area contributed by atoms with E-state index in [1.165, 1.54) is 48.8 Å². The summed E-state index contributed by atoms with van der Waals surface area (Å²) in [5, 5.41) is 2.53. The molecule has 0 saturated heterocycles. The van der Waals surface area contributed by atoms with E-state index < -0.39 is 23.1 Å². The van der Waals surface area contributed by atoms with Crippen LogP contribution in [0.3, 0.4) is 0 Å². The van der Waals surface area contributed by atoms with Gasteiger partial charge in [0.25, 0.3) is 5.91 Å². The molecular weight excluding hydrogens is 375 g/mol. The predicted molar refractivity (Wildman–Crippen MR) is 97.4 cm³/mol. The normalized spacial score (nSPS) is 11.1. The predicted octanol–water partition coefficient (Wildman–Crippen LogP) is 4.02. The number of nitrogens with two attached hydrogens (primary N) is 1. The molecule has 0 aliphatic heterocycles. The molecule has 28 heavy (non-hydrogen) atoms. The van der Waals surface area contributed by atoms with Crippen molar-refractivity contribution in [2.24, 2.45) is 0 Å². The van der Waals surface area contributed by atoms with E-state index >= 15 is 0 Å². The Balaban J connectivity index is 1.71. The Kier molecular flexibility index (Phi) is 5.08. The molecule has 144 valence electrons. The highest BCUT2D eigenvalue weighted by molar-refractivity contribution is 6.04. The van der Waals surface area contributed by atoms with Crippen LogP contribution in [0.2, 0.25) is 0 Å². The first-order chi connectivity index (χ1) is 13.2. The van der Waals surface area contributed by atoms with Gasteiger partial charge in [-0.25, -0.2) is 0 Å². The molecule has 3 aromatic rings. The van der Waals surface area contributed by atoms with E-state index in [4.69, 9.17) is 10.5 Å². The average Bonchev–Trinajstić information content (AvgIpc) is 2.65. The topological polar surface area (TPSA) is 97.2 Å². The minimum absolute atomic E-state index is 0.0258. The highest BCUT2D eigenvalue weighted by atomic mass is 19.4. The summed E-state index contributed by atoms with van der Waals surface area (Å²) in [5.41, 5.74) is 4.19. The molecule has 3 rings (SSSR count). The lowest BCUT2D eigenvalue weighted by Gasteiger charge is -2.11. The Hall–Kier alpha value is -3.75. The number of rotatable bonds is 4. The lowest BCUT2D eigenvalue weighted by molar-refractivity contribution is -0.137. The van der Waals surface area contributed by atoms with Crippen LogP contribution in [0.5, 0.6) is 11.5 Å². The van der Waals surface area contributed by atoms with Crippen molar-refractivity contribution < 1.29 is 22.7 Å². The monoisotopic (exact) mass is 389 g/mol. The maximum atomic E-state index is 12.7. The molecule has 4 N–H and O–H groups in total. The number of nitrogens with one attached hydrogen (secondary N) is 2. The molecule has 0 aliphatic carbocycles. The lowest BCUT2D eigenvalue weighted by Crippen LogP contribution is -2.23. The summed E-state index contributed by atoms with van der Waals surface area (Å²) in [6.45, 7) is 0. The highest BCUT2D eigenvalue weighted by Crippen LogP contribution is 2.32. The number of halogens is 3. The number of carbonyl (C=O) groups excluding carboxylic acids is 1.